The van der Waals surface area contributed by atoms with Crippen LogP contribution in [0.1, 0.15) is 12.0 Å². The van der Waals surface area contributed by atoms with Crippen molar-refractivity contribution in [1.82, 2.24) is 4.72 Å². The van der Waals surface area contributed by atoms with Crippen LogP contribution in [0.25, 0.3) is 0 Å². The molecule has 1 unspecified atom stereocenters. The maximum absolute atomic E-state index is 13.2. The maximum atomic E-state index is 13.2. The summed E-state index contributed by atoms with van der Waals surface area (Å²) >= 11 is 0. The molecule has 0 amide bonds. The molecule has 7 heteroatoms. The van der Waals surface area contributed by atoms with E-state index in [0.29, 0.717) is 13.2 Å². The Hall–Kier alpha value is -1.02. The molecular weight excluding hydrogens is 273 g/mol. The summed E-state index contributed by atoms with van der Waals surface area (Å²) in [5.74, 6) is -0.511. The van der Waals surface area contributed by atoms with Crippen molar-refractivity contribution in [3.63, 3.8) is 0 Å². The number of sulfonamides is 1. The van der Waals surface area contributed by atoms with E-state index in [1.807, 2.05) is 0 Å². The van der Waals surface area contributed by atoms with Gasteiger partial charge in [-0.3, -0.25) is 0 Å². The lowest BCUT2D eigenvalue weighted by molar-refractivity contribution is 0.186. The summed E-state index contributed by atoms with van der Waals surface area (Å²) in [5.41, 5.74) is 0.177. The van der Waals surface area contributed by atoms with Crippen molar-refractivity contribution < 1.29 is 22.7 Å². The summed E-state index contributed by atoms with van der Waals surface area (Å²) in [7, 11) is -3.82. The van der Waals surface area contributed by atoms with Crippen LogP contribution >= 0.6 is 0 Å². The normalized spacial score (nSPS) is 19.8. The van der Waals surface area contributed by atoms with Gasteiger partial charge in [-0.15, -0.1) is 0 Å². The fourth-order valence-corrected chi connectivity index (χ4v) is 3.31. The third-order valence-electron chi connectivity index (χ3n) is 3.08. The number of aliphatic hydroxyl groups is 1. The Morgan fingerprint density at radius 2 is 2.26 bits per heavy atom. The van der Waals surface area contributed by atoms with Gasteiger partial charge in [0.25, 0.3) is 0 Å². The number of nitrogens with one attached hydrogen (secondary N) is 1. The van der Waals surface area contributed by atoms with Crippen molar-refractivity contribution in [1.29, 1.82) is 0 Å². The second kappa shape index (κ2) is 5.96. The predicted molar refractivity (Wildman–Crippen MR) is 66.4 cm³/mol. The molecule has 2 N–H and O–H groups in total. The van der Waals surface area contributed by atoms with Gasteiger partial charge in [-0.25, -0.2) is 17.5 Å². The Bertz CT molecular complexity index is 541. The average molecular weight is 289 g/mol. The van der Waals surface area contributed by atoms with Crippen molar-refractivity contribution in [2.45, 2.75) is 17.9 Å². The molecule has 0 aromatic heterocycles. The van der Waals surface area contributed by atoms with Gasteiger partial charge in [0.1, 0.15) is 5.82 Å². The SMILES string of the molecule is O=S(=O)(NCC1CCOC1)c1cc(F)ccc1CO. The zero-order valence-corrected chi connectivity index (χ0v) is 11.1. The van der Waals surface area contributed by atoms with E-state index in [4.69, 9.17) is 9.84 Å². The van der Waals surface area contributed by atoms with E-state index in [2.05, 4.69) is 4.72 Å². The zero-order valence-electron chi connectivity index (χ0n) is 10.3. The first kappa shape index (κ1) is 14.4. The predicted octanol–water partition coefficient (Wildman–Crippen LogP) is 0.633. The molecular formula is C12H16FNO4S. The molecule has 1 fully saturated rings. The first-order valence-electron chi connectivity index (χ1n) is 5.99. The molecule has 0 bridgehead atoms. The smallest absolute Gasteiger partial charge is 0.241 e. The highest BCUT2D eigenvalue weighted by Crippen LogP contribution is 2.18. The second-order valence-corrected chi connectivity index (χ2v) is 6.23. The monoisotopic (exact) mass is 289 g/mol. The number of rotatable bonds is 5. The molecule has 106 valence electrons. The number of halogens is 1. The first-order valence-corrected chi connectivity index (χ1v) is 7.48. The van der Waals surface area contributed by atoms with E-state index >= 15 is 0 Å². The van der Waals surface area contributed by atoms with Gasteiger partial charge in [0.2, 0.25) is 10.0 Å². The molecule has 2 rings (SSSR count). The highest BCUT2D eigenvalue weighted by atomic mass is 32.2. The number of ether oxygens (including phenoxy) is 1. The fourth-order valence-electron chi connectivity index (χ4n) is 1.96. The van der Waals surface area contributed by atoms with Crippen LogP contribution < -0.4 is 4.72 Å². The number of hydrogen-bond acceptors (Lipinski definition) is 4. The van der Waals surface area contributed by atoms with Gasteiger partial charge >= 0.3 is 0 Å². The minimum Gasteiger partial charge on any atom is -0.392 e. The third kappa shape index (κ3) is 3.50. The lowest BCUT2D eigenvalue weighted by Gasteiger charge is -2.12. The van der Waals surface area contributed by atoms with Crippen LogP contribution in [0.3, 0.4) is 0 Å². The highest BCUT2D eigenvalue weighted by Gasteiger charge is 2.22. The summed E-state index contributed by atoms with van der Waals surface area (Å²) in [5, 5.41) is 9.12. The third-order valence-corrected chi connectivity index (χ3v) is 4.58. The van der Waals surface area contributed by atoms with E-state index in [1.54, 1.807) is 0 Å². The van der Waals surface area contributed by atoms with Gasteiger partial charge in [0.15, 0.2) is 0 Å². The van der Waals surface area contributed by atoms with E-state index in [9.17, 15) is 12.8 Å². The van der Waals surface area contributed by atoms with Crippen LogP contribution in [-0.4, -0.2) is 33.3 Å². The summed E-state index contributed by atoms with van der Waals surface area (Å²) in [6.07, 6.45) is 0.804. The fraction of sp³-hybridized carbons (Fsp3) is 0.500. The van der Waals surface area contributed by atoms with Crippen molar-refractivity contribution in [2.24, 2.45) is 5.92 Å². The maximum Gasteiger partial charge on any atom is 0.241 e. The summed E-state index contributed by atoms with van der Waals surface area (Å²) in [4.78, 5) is -0.214. The Balaban J connectivity index is 2.16. The first-order chi connectivity index (χ1) is 9.03. The molecule has 0 radical (unpaired) electrons. The van der Waals surface area contributed by atoms with Crippen LogP contribution in [0, 0.1) is 11.7 Å². The number of hydrogen-bond donors (Lipinski definition) is 2. The molecule has 1 heterocycles. The van der Waals surface area contributed by atoms with E-state index in [-0.39, 0.29) is 22.9 Å². The number of aliphatic hydroxyl groups excluding tert-OH is 1. The van der Waals surface area contributed by atoms with E-state index < -0.39 is 22.4 Å². The molecule has 5 nitrogen and oxygen atoms in total. The molecule has 0 aliphatic carbocycles. The molecule has 1 aliphatic rings. The van der Waals surface area contributed by atoms with Crippen LogP contribution in [-0.2, 0) is 21.4 Å². The van der Waals surface area contributed by atoms with Crippen molar-refractivity contribution >= 4 is 10.0 Å². The average Bonchev–Trinajstić information content (AvgIpc) is 2.89. The molecule has 1 atom stereocenters. The van der Waals surface area contributed by atoms with Crippen molar-refractivity contribution in [3.05, 3.63) is 29.6 Å². The molecule has 1 aliphatic heterocycles. The Morgan fingerprint density at radius 1 is 1.47 bits per heavy atom. The van der Waals surface area contributed by atoms with Gasteiger partial charge in [0, 0.05) is 13.2 Å². The minimum absolute atomic E-state index is 0.140. The van der Waals surface area contributed by atoms with Gasteiger partial charge in [-0.05, 0) is 30.0 Å². The number of benzene rings is 1. The van der Waals surface area contributed by atoms with Crippen LogP contribution in [0.15, 0.2) is 23.1 Å². The topological polar surface area (TPSA) is 75.6 Å². The van der Waals surface area contributed by atoms with Gasteiger partial charge < -0.3 is 9.84 Å². The Kier molecular flexibility index (Phi) is 4.51. The van der Waals surface area contributed by atoms with Crippen LogP contribution in [0.5, 0.6) is 0 Å². The summed E-state index contributed by atoms with van der Waals surface area (Å²) in [6.45, 7) is 0.958. The highest BCUT2D eigenvalue weighted by molar-refractivity contribution is 7.89. The van der Waals surface area contributed by atoms with Crippen molar-refractivity contribution in [3.8, 4) is 0 Å². The molecule has 0 saturated carbocycles. The van der Waals surface area contributed by atoms with Gasteiger partial charge in [0.05, 0.1) is 18.1 Å². The lowest BCUT2D eigenvalue weighted by Crippen LogP contribution is -2.30. The van der Waals surface area contributed by atoms with Crippen LogP contribution in [0.4, 0.5) is 4.39 Å². The molecule has 0 spiro atoms. The molecule has 1 aromatic rings. The largest absolute Gasteiger partial charge is 0.392 e. The quantitative estimate of drug-likeness (QED) is 0.834. The zero-order chi connectivity index (χ0) is 13.9. The second-order valence-electron chi connectivity index (χ2n) is 4.49. The lowest BCUT2D eigenvalue weighted by atomic mass is 10.1. The van der Waals surface area contributed by atoms with E-state index in [1.165, 1.54) is 6.07 Å². The van der Waals surface area contributed by atoms with Gasteiger partial charge in [-0.1, -0.05) is 6.07 Å². The minimum atomic E-state index is -3.82. The van der Waals surface area contributed by atoms with E-state index in [0.717, 1.165) is 18.6 Å². The standard InChI is InChI=1S/C12H16FNO4S/c13-11-2-1-10(7-15)12(5-11)19(16,17)14-6-9-3-4-18-8-9/h1-2,5,9,14-15H,3-4,6-8H2. The summed E-state index contributed by atoms with van der Waals surface area (Å²) in [6, 6.07) is 3.30. The Morgan fingerprint density at radius 3 is 2.89 bits per heavy atom. The molecule has 19 heavy (non-hydrogen) atoms. The molecule has 1 aromatic carbocycles. The van der Waals surface area contributed by atoms with Crippen LogP contribution in [0.2, 0.25) is 0 Å². The molecule has 1 saturated heterocycles. The Labute approximate surface area is 111 Å². The van der Waals surface area contributed by atoms with Gasteiger partial charge in [-0.2, -0.15) is 0 Å². The van der Waals surface area contributed by atoms with Crippen molar-refractivity contribution in [2.75, 3.05) is 19.8 Å². The summed E-state index contributed by atoms with van der Waals surface area (Å²) < 4.78 is 44.9.